The number of carbonyl (C=O) groups is 3. The lowest BCUT2D eigenvalue weighted by Crippen LogP contribution is -2.54. The number of hydrogen-bond acceptors (Lipinski definition) is 8. The zero-order valence-corrected chi connectivity index (χ0v) is 20.9. The van der Waals surface area contributed by atoms with E-state index in [1.807, 2.05) is 0 Å². The van der Waals surface area contributed by atoms with E-state index in [-0.39, 0.29) is 69.9 Å². The Bertz CT molecular complexity index is 1500. The molecule has 6 rings (SSSR count). The number of carbonyl (C=O) groups excluding carboxylic acids is 2. The molecular formula is C25H24F2N4O6S. The first-order chi connectivity index (χ1) is 18.2. The Morgan fingerprint density at radius 3 is 2.61 bits per heavy atom. The summed E-state index contributed by atoms with van der Waals surface area (Å²) in [6.45, 7) is 0.226. The van der Waals surface area contributed by atoms with Gasteiger partial charge >= 0.3 is 11.9 Å². The second kappa shape index (κ2) is 9.09. The number of rotatable bonds is 6. The molecule has 2 aromatic rings. The Balaban J connectivity index is 1.36. The highest BCUT2D eigenvalue weighted by Gasteiger charge is 2.45. The second-order valence-corrected chi connectivity index (χ2v) is 11.2. The van der Waals surface area contributed by atoms with Gasteiger partial charge in [0.25, 0.3) is 0 Å². The zero-order chi connectivity index (χ0) is 26.9. The Hall–Kier alpha value is -3.45. The van der Waals surface area contributed by atoms with Crippen molar-refractivity contribution in [2.75, 3.05) is 30.3 Å². The molecule has 38 heavy (non-hydrogen) atoms. The van der Waals surface area contributed by atoms with Crippen molar-refractivity contribution in [1.29, 1.82) is 0 Å². The Labute approximate surface area is 219 Å². The lowest BCUT2D eigenvalue weighted by atomic mass is 10.1. The van der Waals surface area contributed by atoms with Crippen molar-refractivity contribution in [2.45, 2.75) is 43.1 Å². The van der Waals surface area contributed by atoms with Gasteiger partial charge < -0.3 is 25.0 Å². The third-order valence-corrected chi connectivity index (χ3v) is 8.67. The summed E-state index contributed by atoms with van der Waals surface area (Å²) in [6, 6.07) is 0.578. The van der Waals surface area contributed by atoms with Crippen LogP contribution in [-0.4, -0.2) is 69.3 Å². The van der Waals surface area contributed by atoms with Gasteiger partial charge in [0, 0.05) is 42.7 Å². The van der Waals surface area contributed by atoms with Crippen LogP contribution in [0.2, 0.25) is 0 Å². The number of carboxylic acids is 1. The first-order valence-electron chi connectivity index (χ1n) is 12.3. The molecule has 3 N–H and O–H groups in total. The van der Waals surface area contributed by atoms with Crippen LogP contribution in [0.4, 0.5) is 14.5 Å². The Morgan fingerprint density at radius 2 is 1.97 bits per heavy atom. The molecule has 1 aromatic heterocycles. The maximum Gasteiger partial charge on any atom is 0.352 e. The van der Waals surface area contributed by atoms with Crippen LogP contribution < -0.4 is 16.1 Å². The number of aliphatic carboxylic acids is 1. The van der Waals surface area contributed by atoms with Gasteiger partial charge in [-0.25, -0.2) is 18.4 Å². The highest BCUT2D eigenvalue weighted by Crippen LogP contribution is 2.41. The second-order valence-electron chi connectivity index (χ2n) is 9.99. The molecule has 4 heterocycles. The molecule has 4 aliphatic rings. The van der Waals surface area contributed by atoms with E-state index in [4.69, 9.17) is 10.5 Å². The molecule has 3 fully saturated rings. The van der Waals surface area contributed by atoms with Gasteiger partial charge in [0.05, 0.1) is 22.7 Å². The number of esters is 1. The number of carboxylic acid groups (broad SMARTS) is 1. The Morgan fingerprint density at radius 1 is 1.21 bits per heavy atom. The van der Waals surface area contributed by atoms with Crippen molar-refractivity contribution < 1.29 is 33.0 Å². The molecule has 1 saturated carbocycles. The van der Waals surface area contributed by atoms with Gasteiger partial charge in [0.2, 0.25) is 11.3 Å². The van der Waals surface area contributed by atoms with E-state index in [0.717, 1.165) is 6.07 Å². The maximum atomic E-state index is 15.8. The minimum absolute atomic E-state index is 0.0761. The van der Waals surface area contributed by atoms with Crippen LogP contribution in [0.5, 0.6) is 0 Å². The van der Waals surface area contributed by atoms with Gasteiger partial charge in [0.1, 0.15) is 29.4 Å². The van der Waals surface area contributed by atoms with Gasteiger partial charge in [-0.05, 0) is 25.3 Å². The molecule has 1 aromatic carbocycles. The quantitative estimate of drug-likeness (QED) is 0.412. The summed E-state index contributed by atoms with van der Waals surface area (Å²) < 4.78 is 37.8. The smallest absolute Gasteiger partial charge is 0.352 e. The molecule has 2 atom stereocenters. The number of anilines is 1. The van der Waals surface area contributed by atoms with Crippen molar-refractivity contribution >= 4 is 46.2 Å². The monoisotopic (exact) mass is 546 g/mol. The lowest BCUT2D eigenvalue weighted by molar-refractivity contribution is -0.146. The molecule has 2 saturated heterocycles. The van der Waals surface area contributed by atoms with Gasteiger partial charge in [0.15, 0.2) is 5.82 Å². The molecular weight excluding hydrogens is 522 g/mol. The highest BCUT2D eigenvalue weighted by atomic mass is 32.2. The van der Waals surface area contributed by atoms with Crippen molar-refractivity contribution in [3.63, 3.8) is 0 Å². The van der Waals surface area contributed by atoms with Gasteiger partial charge in [-0.15, -0.1) is 11.8 Å². The molecule has 1 amide bonds. The molecule has 0 radical (unpaired) electrons. The minimum Gasteiger partial charge on any atom is -0.477 e. The fourth-order valence-electron chi connectivity index (χ4n) is 5.32. The molecule has 3 aliphatic heterocycles. The third-order valence-electron chi connectivity index (χ3n) is 7.40. The summed E-state index contributed by atoms with van der Waals surface area (Å²) in [5.74, 6) is -4.23. The Kier molecular flexibility index (Phi) is 5.94. The van der Waals surface area contributed by atoms with Gasteiger partial charge in [-0.1, -0.05) is 0 Å². The number of β-lactam (4-membered cyclic amide) rings is 1. The van der Waals surface area contributed by atoms with Gasteiger partial charge in [-0.3, -0.25) is 14.5 Å². The van der Waals surface area contributed by atoms with E-state index >= 15 is 8.78 Å². The average molecular weight is 547 g/mol. The third kappa shape index (κ3) is 3.95. The molecule has 0 bridgehead atoms. The number of thioether (sulfide) groups is 1. The first-order valence-corrected chi connectivity index (χ1v) is 13.3. The molecule has 1 aliphatic carbocycles. The van der Waals surface area contributed by atoms with E-state index < -0.39 is 41.2 Å². The number of halogens is 2. The molecule has 0 spiro atoms. The van der Waals surface area contributed by atoms with Crippen LogP contribution in [0.15, 0.2) is 28.3 Å². The van der Waals surface area contributed by atoms with Crippen LogP contribution in [0, 0.1) is 11.6 Å². The van der Waals surface area contributed by atoms with E-state index in [1.54, 1.807) is 0 Å². The summed E-state index contributed by atoms with van der Waals surface area (Å²) in [6.07, 6.45) is 3.46. The number of nitrogens with two attached hydrogens (primary N) is 1. The van der Waals surface area contributed by atoms with Crippen LogP contribution in [0.25, 0.3) is 10.9 Å². The number of amides is 1. The summed E-state index contributed by atoms with van der Waals surface area (Å²) >= 11 is 1.36. The van der Waals surface area contributed by atoms with Crippen molar-refractivity contribution in [3.8, 4) is 0 Å². The maximum absolute atomic E-state index is 15.8. The number of aromatic nitrogens is 1. The number of ether oxygens (including phenoxy) is 1. The van der Waals surface area contributed by atoms with Crippen molar-refractivity contribution in [2.24, 2.45) is 5.73 Å². The van der Waals surface area contributed by atoms with E-state index in [2.05, 4.69) is 0 Å². The molecule has 200 valence electrons. The zero-order valence-electron chi connectivity index (χ0n) is 20.1. The number of fused-ring (bicyclic) bond motifs is 2. The fraction of sp³-hybridized carbons (Fsp3) is 0.440. The summed E-state index contributed by atoms with van der Waals surface area (Å²) in [5.41, 5.74) is 4.33. The topological polar surface area (TPSA) is 135 Å². The van der Waals surface area contributed by atoms with Crippen molar-refractivity contribution in [1.82, 2.24) is 9.47 Å². The fourth-order valence-corrected chi connectivity index (χ4v) is 6.56. The predicted octanol–water partition coefficient (Wildman–Crippen LogP) is 1.95. The minimum atomic E-state index is -1.31. The highest BCUT2D eigenvalue weighted by molar-refractivity contribution is 8.00. The largest absolute Gasteiger partial charge is 0.477 e. The van der Waals surface area contributed by atoms with Crippen LogP contribution in [0.3, 0.4) is 0 Å². The summed E-state index contributed by atoms with van der Waals surface area (Å²) in [4.78, 5) is 52.8. The SMILES string of the molecule is NC1CCN(c2c(F)cc3c(=O)c(C(=O)OCC4=C(C(=O)O)N5C(=O)CC5SC4)cn(C4CC4)c3c2F)C1. The van der Waals surface area contributed by atoms with E-state index in [1.165, 1.54) is 32.3 Å². The molecule has 10 nitrogen and oxygen atoms in total. The van der Waals surface area contributed by atoms with Crippen molar-refractivity contribution in [3.05, 3.63) is 51.0 Å². The lowest BCUT2D eigenvalue weighted by Gasteiger charge is -2.43. The number of pyridine rings is 1. The van der Waals surface area contributed by atoms with E-state index in [0.29, 0.717) is 25.8 Å². The van der Waals surface area contributed by atoms with Gasteiger partial charge in [-0.2, -0.15) is 0 Å². The molecule has 2 unspecified atom stereocenters. The predicted molar refractivity (Wildman–Crippen MR) is 134 cm³/mol. The number of nitrogens with zero attached hydrogens (tertiary/aromatic N) is 3. The molecule has 13 heteroatoms. The average Bonchev–Trinajstić information content (AvgIpc) is 3.63. The van der Waals surface area contributed by atoms with E-state index in [9.17, 15) is 24.3 Å². The van der Waals surface area contributed by atoms with Crippen LogP contribution in [-0.2, 0) is 14.3 Å². The number of benzene rings is 1. The standard InChI is InChI=1S/C25H24F2N4O6S/c26-16-5-14-21(19(27)22(16)29-4-3-12(28)7-29)30(13-1-2-13)8-15(23(14)33)25(36)37-9-11-10-38-18-6-17(32)31(18)20(11)24(34)35/h5,8,12-13,18H,1-4,6-7,9-10,28H2,(H,34,35). The summed E-state index contributed by atoms with van der Waals surface area (Å²) in [5, 5.41) is 9.09. The first kappa shape index (κ1) is 24.9. The van der Waals surface area contributed by atoms with Crippen LogP contribution >= 0.6 is 11.8 Å². The number of hydrogen-bond donors (Lipinski definition) is 2. The summed E-state index contributed by atoms with van der Waals surface area (Å²) in [7, 11) is 0. The van der Waals surface area contributed by atoms with Crippen LogP contribution in [0.1, 0.15) is 42.1 Å². The normalized spacial score (nSPS) is 23.1.